The molecule has 0 atom stereocenters. The average molecular weight is 364 g/mol. The molecular formula is C20H16N2OS2. The standard InChI is InChI=1S/C20H16N2OS2/c1-12-3-5-14(6-4-12)16-9-10-24-19(16)20(23)22-15-7-8-17-18(11-15)25-13(2)21-17/h3-11H,1-2H3,(H,22,23). The highest BCUT2D eigenvalue weighted by atomic mass is 32.1. The Morgan fingerprint density at radius 1 is 1.04 bits per heavy atom. The number of nitrogens with zero attached hydrogens (tertiary/aromatic N) is 1. The van der Waals surface area contributed by atoms with E-state index in [0.717, 1.165) is 36.9 Å². The van der Waals surface area contributed by atoms with Crippen LogP contribution in [0, 0.1) is 13.8 Å². The molecule has 0 bridgehead atoms. The van der Waals surface area contributed by atoms with Crippen molar-refractivity contribution in [3.8, 4) is 11.1 Å². The largest absolute Gasteiger partial charge is 0.321 e. The summed E-state index contributed by atoms with van der Waals surface area (Å²) in [5, 5.41) is 6.00. The molecule has 0 aliphatic carbocycles. The van der Waals surface area contributed by atoms with Crippen molar-refractivity contribution in [1.29, 1.82) is 0 Å². The van der Waals surface area contributed by atoms with Crippen LogP contribution >= 0.6 is 22.7 Å². The lowest BCUT2D eigenvalue weighted by Gasteiger charge is -2.07. The van der Waals surface area contributed by atoms with Gasteiger partial charge in [0, 0.05) is 11.3 Å². The first kappa shape index (κ1) is 16.0. The number of benzene rings is 2. The summed E-state index contributed by atoms with van der Waals surface area (Å²) >= 11 is 3.09. The van der Waals surface area contributed by atoms with E-state index in [9.17, 15) is 4.79 Å². The molecule has 0 saturated heterocycles. The van der Waals surface area contributed by atoms with Gasteiger partial charge < -0.3 is 5.32 Å². The molecule has 0 fully saturated rings. The van der Waals surface area contributed by atoms with Crippen molar-refractivity contribution in [3.05, 3.63) is 69.4 Å². The Bertz CT molecular complexity index is 1060. The van der Waals surface area contributed by atoms with E-state index in [1.807, 2.05) is 36.6 Å². The molecule has 0 aliphatic heterocycles. The van der Waals surface area contributed by atoms with Gasteiger partial charge in [-0.25, -0.2) is 4.98 Å². The normalized spacial score (nSPS) is 11.0. The number of aromatic nitrogens is 1. The minimum Gasteiger partial charge on any atom is -0.321 e. The molecule has 0 unspecified atom stereocenters. The van der Waals surface area contributed by atoms with Gasteiger partial charge in [-0.15, -0.1) is 22.7 Å². The van der Waals surface area contributed by atoms with Crippen LogP contribution in [0.4, 0.5) is 5.69 Å². The second-order valence-corrected chi connectivity index (χ2v) is 8.05. The fourth-order valence-electron chi connectivity index (χ4n) is 2.75. The first-order valence-corrected chi connectivity index (χ1v) is 9.63. The topological polar surface area (TPSA) is 42.0 Å². The van der Waals surface area contributed by atoms with Crippen molar-refractivity contribution < 1.29 is 4.79 Å². The number of fused-ring (bicyclic) bond motifs is 1. The van der Waals surface area contributed by atoms with Crippen LogP contribution in [0.25, 0.3) is 21.3 Å². The molecule has 2 aromatic carbocycles. The van der Waals surface area contributed by atoms with Gasteiger partial charge in [0.2, 0.25) is 0 Å². The van der Waals surface area contributed by atoms with Crippen LogP contribution in [0.5, 0.6) is 0 Å². The third-order valence-electron chi connectivity index (χ3n) is 3.99. The van der Waals surface area contributed by atoms with Crippen LogP contribution < -0.4 is 5.32 Å². The Morgan fingerprint density at radius 3 is 2.64 bits per heavy atom. The van der Waals surface area contributed by atoms with Crippen LogP contribution in [0.15, 0.2) is 53.9 Å². The van der Waals surface area contributed by atoms with E-state index in [1.54, 1.807) is 11.3 Å². The number of aryl methyl sites for hydroxylation is 2. The third kappa shape index (κ3) is 3.21. The van der Waals surface area contributed by atoms with Gasteiger partial charge in [-0.2, -0.15) is 0 Å². The molecule has 5 heteroatoms. The molecule has 0 spiro atoms. The van der Waals surface area contributed by atoms with Crippen molar-refractivity contribution >= 4 is 44.5 Å². The number of nitrogens with one attached hydrogen (secondary N) is 1. The molecule has 124 valence electrons. The molecular weight excluding hydrogens is 348 g/mol. The van der Waals surface area contributed by atoms with E-state index in [1.165, 1.54) is 16.9 Å². The maximum absolute atomic E-state index is 12.8. The lowest BCUT2D eigenvalue weighted by atomic mass is 10.0. The van der Waals surface area contributed by atoms with E-state index < -0.39 is 0 Å². The summed E-state index contributed by atoms with van der Waals surface area (Å²) in [4.78, 5) is 17.9. The Morgan fingerprint density at radius 2 is 1.84 bits per heavy atom. The molecule has 0 aliphatic rings. The molecule has 1 N–H and O–H groups in total. The smallest absolute Gasteiger partial charge is 0.266 e. The highest BCUT2D eigenvalue weighted by Gasteiger charge is 2.15. The molecule has 3 nitrogen and oxygen atoms in total. The number of rotatable bonds is 3. The van der Waals surface area contributed by atoms with E-state index in [2.05, 4.69) is 41.5 Å². The summed E-state index contributed by atoms with van der Waals surface area (Å²) in [6.45, 7) is 4.05. The monoisotopic (exact) mass is 364 g/mol. The van der Waals surface area contributed by atoms with Crippen LogP contribution in [-0.4, -0.2) is 10.9 Å². The van der Waals surface area contributed by atoms with Gasteiger partial charge in [-0.3, -0.25) is 4.79 Å². The molecule has 4 aromatic rings. The molecule has 0 saturated carbocycles. The van der Waals surface area contributed by atoms with Crippen molar-refractivity contribution in [2.24, 2.45) is 0 Å². The number of anilines is 1. The van der Waals surface area contributed by atoms with Crippen molar-refractivity contribution in [1.82, 2.24) is 4.98 Å². The van der Waals surface area contributed by atoms with Gasteiger partial charge >= 0.3 is 0 Å². The molecule has 25 heavy (non-hydrogen) atoms. The summed E-state index contributed by atoms with van der Waals surface area (Å²) < 4.78 is 1.08. The van der Waals surface area contributed by atoms with Gasteiger partial charge in [0.15, 0.2) is 0 Å². The lowest BCUT2D eigenvalue weighted by molar-refractivity contribution is 0.103. The van der Waals surface area contributed by atoms with E-state index in [4.69, 9.17) is 0 Å². The van der Waals surface area contributed by atoms with E-state index in [0.29, 0.717) is 0 Å². The van der Waals surface area contributed by atoms with Crippen LogP contribution in [0.2, 0.25) is 0 Å². The molecule has 0 radical (unpaired) electrons. The Kier molecular flexibility index (Phi) is 4.11. The number of thiazole rings is 1. The summed E-state index contributed by atoms with van der Waals surface area (Å²) in [5.41, 5.74) is 5.00. The maximum atomic E-state index is 12.8. The van der Waals surface area contributed by atoms with Crippen LogP contribution in [-0.2, 0) is 0 Å². The Balaban J connectivity index is 1.62. The zero-order chi connectivity index (χ0) is 17.4. The number of carbonyl (C=O) groups is 1. The van der Waals surface area contributed by atoms with Gasteiger partial charge in [0.05, 0.1) is 20.1 Å². The van der Waals surface area contributed by atoms with Gasteiger partial charge in [-0.05, 0) is 49.1 Å². The van der Waals surface area contributed by atoms with E-state index >= 15 is 0 Å². The quantitative estimate of drug-likeness (QED) is 0.492. The minimum atomic E-state index is -0.0776. The number of thiophene rings is 1. The summed E-state index contributed by atoms with van der Waals surface area (Å²) in [5.74, 6) is -0.0776. The molecule has 1 amide bonds. The zero-order valence-corrected chi connectivity index (χ0v) is 15.5. The van der Waals surface area contributed by atoms with Gasteiger partial charge in [0.1, 0.15) is 0 Å². The second-order valence-electron chi connectivity index (χ2n) is 5.90. The molecule has 4 rings (SSSR count). The minimum absolute atomic E-state index is 0.0776. The van der Waals surface area contributed by atoms with Gasteiger partial charge in [0.25, 0.3) is 5.91 Å². The first-order chi connectivity index (χ1) is 12.1. The molecule has 2 aromatic heterocycles. The summed E-state index contributed by atoms with van der Waals surface area (Å²) in [6.07, 6.45) is 0. The number of hydrogen-bond donors (Lipinski definition) is 1. The number of amides is 1. The highest BCUT2D eigenvalue weighted by Crippen LogP contribution is 2.30. The lowest BCUT2D eigenvalue weighted by Crippen LogP contribution is -2.11. The predicted molar refractivity (Wildman–Crippen MR) is 107 cm³/mol. The SMILES string of the molecule is Cc1ccc(-c2ccsc2C(=O)Nc2ccc3nc(C)sc3c2)cc1. The summed E-state index contributed by atoms with van der Waals surface area (Å²) in [6, 6.07) is 16.1. The second kappa shape index (κ2) is 6.43. The highest BCUT2D eigenvalue weighted by molar-refractivity contribution is 7.18. The number of hydrogen-bond acceptors (Lipinski definition) is 4. The first-order valence-electron chi connectivity index (χ1n) is 7.93. The number of carbonyl (C=O) groups excluding carboxylic acids is 1. The predicted octanol–water partition coefficient (Wildman–Crippen LogP) is 5.89. The Labute approximate surface area is 154 Å². The fourth-order valence-corrected chi connectivity index (χ4v) is 4.43. The fraction of sp³-hybridized carbons (Fsp3) is 0.100. The molecule has 2 heterocycles. The van der Waals surface area contributed by atoms with Crippen molar-refractivity contribution in [2.75, 3.05) is 5.32 Å². The van der Waals surface area contributed by atoms with E-state index in [-0.39, 0.29) is 5.91 Å². The average Bonchev–Trinajstić information content (AvgIpc) is 3.21. The summed E-state index contributed by atoms with van der Waals surface area (Å²) in [7, 11) is 0. The van der Waals surface area contributed by atoms with Crippen LogP contribution in [0.1, 0.15) is 20.2 Å². The Hall–Kier alpha value is -2.50. The third-order valence-corrected chi connectivity index (χ3v) is 5.83. The van der Waals surface area contributed by atoms with Crippen LogP contribution in [0.3, 0.4) is 0 Å². The van der Waals surface area contributed by atoms with Crippen molar-refractivity contribution in [2.45, 2.75) is 13.8 Å². The van der Waals surface area contributed by atoms with Gasteiger partial charge in [-0.1, -0.05) is 29.8 Å². The maximum Gasteiger partial charge on any atom is 0.266 e. The zero-order valence-electron chi connectivity index (χ0n) is 13.9. The van der Waals surface area contributed by atoms with Crippen molar-refractivity contribution in [3.63, 3.8) is 0 Å².